The first-order valence-electron chi connectivity index (χ1n) is 8.06. The maximum atomic E-state index is 12.3. The Labute approximate surface area is 129 Å². The fourth-order valence-corrected chi connectivity index (χ4v) is 3.48. The second-order valence-corrected chi connectivity index (χ2v) is 6.50. The van der Waals surface area contributed by atoms with Crippen molar-refractivity contribution < 1.29 is 14.3 Å². The highest BCUT2D eigenvalue weighted by atomic mass is 16.5. The SMILES string of the molecule is O=C1NC2(CCN(C(=O)C3CCC3)CC2)Oc2ccccc21. The third-order valence-corrected chi connectivity index (χ3v) is 5.12. The van der Waals surface area contributed by atoms with E-state index >= 15 is 0 Å². The van der Waals surface area contributed by atoms with Crippen molar-refractivity contribution in [3.8, 4) is 5.75 Å². The molecule has 5 nitrogen and oxygen atoms in total. The van der Waals surface area contributed by atoms with Crippen molar-refractivity contribution >= 4 is 11.8 Å². The highest BCUT2D eigenvalue weighted by molar-refractivity contribution is 5.98. The first-order chi connectivity index (χ1) is 10.7. The molecule has 1 aromatic carbocycles. The number of para-hydroxylation sites is 1. The molecule has 0 bridgehead atoms. The summed E-state index contributed by atoms with van der Waals surface area (Å²) >= 11 is 0. The van der Waals surface area contributed by atoms with Gasteiger partial charge >= 0.3 is 0 Å². The molecule has 1 aromatic rings. The summed E-state index contributed by atoms with van der Waals surface area (Å²) < 4.78 is 6.09. The molecule has 22 heavy (non-hydrogen) atoms. The Balaban J connectivity index is 1.47. The van der Waals surface area contributed by atoms with Gasteiger partial charge in [0.1, 0.15) is 5.75 Å². The Kier molecular flexibility index (Phi) is 3.10. The summed E-state index contributed by atoms with van der Waals surface area (Å²) in [7, 11) is 0. The number of hydrogen-bond donors (Lipinski definition) is 1. The van der Waals surface area contributed by atoms with E-state index in [1.807, 2.05) is 23.1 Å². The zero-order chi connectivity index (χ0) is 15.2. The second-order valence-electron chi connectivity index (χ2n) is 6.50. The first kappa shape index (κ1) is 13.6. The smallest absolute Gasteiger partial charge is 0.258 e. The van der Waals surface area contributed by atoms with Crippen molar-refractivity contribution in [2.24, 2.45) is 5.92 Å². The lowest BCUT2D eigenvalue weighted by Gasteiger charge is -2.45. The summed E-state index contributed by atoms with van der Waals surface area (Å²) in [5, 5.41) is 3.01. The van der Waals surface area contributed by atoms with E-state index in [2.05, 4.69) is 5.32 Å². The van der Waals surface area contributed by atoms with Crippen LogP contribution in [0.5, 0.6) is 5.75 Å². The van der Waals surface area contributed by atoms with E-state index in [1.165, 1.54) is 6.42 Å². The standard InChI is InChI=1S/C17H20N2O3/c20-15-13-6-1-2-7-14(13)22-17(18-15)8-10-19(11-9-17)16(21)12-4-3-5-12/h1-2,6-7,12H,3-5,8-11H2,(H,18,20). The van der Waals surface area contributed by atoms with Gasteiger partial charge in [-0.3, -0.25) is 9.59 Å². The number of likely N-dealkylation sites (tertiary alicyclic amines) is 1. The lowest BCUT2D eigenvalue weighted by Crippen LogP contribution is -2.62. The predicted molar refractivity (Wildman–Crippen MR) is 80.4 cm³/mol. The summed E-state index contributed by atoms with van der Waals surface area (Å²) in [6.07, 6.45) is 4.52. The quantitative estimate of drug-likeness (QED) is 0.862. The van der Waals surface area contributed by atoms with Crippen LogP contribution in [0.2, 0.25) is 0 Å². The van der Waals surface area contributed by atoms with Crippen molar-refractivity contribution in [3.63, 3.8) is 0 Å². The monoisotopic (exact) mass is 300 g/mol. The third-order valence-electron chi connectivity index (χ3n) is 5.12. The molecule has 1 N–H and O–H groups in total. The number of fused-ring (bicyclic) bond motifs is 1. The second kappa shape index (κ2) is 5.00. The Bertz CT molecular complexity index is 616. The van der Waals surface area contributed by atoms with Crippen LogP contribution in [-0.4, -0.2) is 35.5 Å². The minimum Gasteiger partial charge on any atom is -0.467 e. The van der Waals surface area contributed by atoms with Gasteiger partial charge < -0.3 is 15.0 Å². The van der Waals surface area contributed by atoms with E-state index < -0.39 is 5.72 Å². The van der Waals surface area contributed by atoms with Crippen molar-refractivity contribution in [3.05, 3.63) is 29.8 Å². The van der Waals surface area contributed by atoms with Crippen LogP contribution in [0.25, 0.3) is 0 Å². The Hall–Kier alpha value is -2.04. The molecule has 0 radical (unpaired) electrons. The third kappa shape index (κ3) is 2.16. The van der Waals surface area contributed by atoms with E-state index in [-0.39, 0.29) is 17.7 Å². The zero-order valence-corrected chi connectivity index (χ0v) is 12.5. The van der Waals surface area contributed by atoms with Crippen LogP contribution in [0.1, 0.15) is 42.5 Å². The minimum atomic E-state index is -0.651. The fourth-order valence-electron chi connectivity index (χ4n) is 3.48. The van der Waals surface area contributed by atoms with Crippen LogP contribution in [0, 0.1) is 5.92 Å². The molecule has 1 aliphatic carbocycles. The van der Waals surface area contributed by atoms with Gasteiger partial charge in [0.25, 0.3) is 5.91 Å². The summed E-state index contributed by atoms with van der Waals surface area (Å²) in [5.41, 5.74) is -0.0666. The molecule has 5 heteroatoms. The average molecular weight is 300 g/mol. The van der Waals surface area contributed by atoms with Crippen LogP contribution in [-0.2, 0) is 4.79 Å². The van der Waals surface area contributed by atoms with Crippen LogP contribution in [0.4, 0.5) is 0 Å². The van der Waals surface area contributed by atoms with Gasteiger partial charge in [-0.15, -0.1) is 0 Å². The molecule has 3 aliphatic rings. The van der Waals surface area contributed by atoms with Gasteiger partial charge in [-0.1, -0.05) is 18.6 Å². The number of rotatable bonds is 1. The topological polar surface area (TPSA) is 58.6 Å². The van der Waals surface area contributed by atoms with E-state index in [9.17, 15) is 9.59 Å². The van der Waals surface area contributed by atoms with Gasteiger partial charge in [0.15, 0.2) is 5.72 Å². The Morgan fingerprint density at radius 3 is 2.64 bits per heavy atom. The van der Waals surface area contributed by atoms with Crippen molar-refractivity contribution in [2.45, 2.75) is 37.8 Å². The molecule has 4 rings (SSSR count). The van der Waals surface area contributed by atoms with E-state index in [0.717, 1.165) is 12.8 Å². The molecule has 1 saturated heterocycles. The van der Waals surface area contributed by atoms with Gasteiger partial charge in [-0.2, -0.15) is 0 Å². The van der Waals surface area contributed by atoms with Crippen molar-refractivity contribution in [1.82, 2.24) is 10.2 Å². The lowest BCUT2D eigenvalue weighted by atomic mass is 9.83. The molecular formula is C17H20N2O3. The maximum Gasteiger partial charge on any atom is 0.258 e. The molecule has 0 atom stereocenters. The fraction of sp³-hybridized carbons (Fsp3) is 0.529. The maximum absolute atomic E-state index is 12.3. The van der Waals surface area contributed by atoms with E-state index in [1.54, 1.807) is 6.07 Å². The molecule has 116 valence electrons. The molecular weight excluding hydrogens is 280 g/mol. The normalized spacial score (nSPS) is 23.3. The highest BCUT2D eigenvalue weighted by Gasteiger charge is 2.44. The number of nitrogens with one attached hydrogen (secondary N) is 1. The summed E-state index contributed by atoms with van der Waals surface area (Å²) in [6, 6.07) is 7.31. The largest absolute Gasteiger partial charge is 0.467 e. The summed E-state index contributed by atoms with van der Waals surface area (Å²) in [4.78, 5) is 26.5. The average Bonchev–Trinajstić information content (AvgIpc) is 2.46. The number of hydrogen-bond acceptors (Lipinski definition) is 3. The first-order valence-corrected chi connectivity index (χ1v) is 8.06. The summed E-state index contributed by atoms with van der Waals surface area (Å²) in [5.74, 6) is 1.07. The number of benzene rings is 1. The Morgan fingerprint density at radius 2 is 1.95 bits per heavy atom. The molecule has 2 heterocycles. The Morgan fingerprint density at radius 1 is 1.23 bits per heavy atom. The van der Waals surface area contributed by atoms with Crippen LogP contribution in [0.15, 0.2) is 24.3 Å². The van der Waals surface area contributed by atoms with E-state index in [0.29, 0.717) is 37.2 Å². The van der Waals surface area contributed by atoms with Crippen LogP contribution < -0.4 is 10.1 Å². The van der Waals surface area contributed by atoms with E-state index in [4.69, 9.17) is 4.74 Å². The zero-order valence-electron chi connectivity index (χ0n) is 12.5. The summed E-state index contributed by atoms with van der Waals surface area (Å²) in [6.45, 7) is 1.30. The van der Waals surface area contributed by atoms with Crippen LogP contribution >= 0.6 is 0 Å². The number of nitrogens with zero attached hydrogens (tertiary/aromatic N) is 1. The molecule has 2 amide bonds. The highest BCUT2D eigenvalue weighted by Crippen LogP contribution is 2.35. The molecule has 1 saturated carbocycles. The van der Waals surface area contributed by atoms with Gasteiger partial charge in [0.2, 0.25) is 5.91 Å². The van der Waals surface area contributed by atoms with Gasteiger partial charge in [-0.25, -0.2) is 0 Å². The number of ether oxygens (including phenoxy) is 1. The molecule has 0 unspecified atom stereocenters. The number of amides is 2. The number of carbonyl (C=O) groups is 2. The van der Waals surface area contributed by atoms with Gasteiger partial charge in [0, 0.05) is 31.8 Å². The number of piperidine rings is 1. The molecule has 0 aromatic heterocycles. The molecule has 2 fully saturated rings. The molecule has 2 aliphatic heterocycles. The van der Waals surface area contributed by atoms with Gasteiger partial charge in [-0.05, 0) is 25.0 Å². The predicted octanol–water partition coefficient (Wildman–Crippen LogP) is 1.93. The number of carbonyl (C=O) groups excluding carboxylic acids is 2. The van der Waals surface area contributed by atoms with Crippen LogP contribution in [0.3, 0.4) is 0 Å². The van der Waals surface area contributed by atoms with Crippen molar-refractivity contribution in [2.75, 3.05) is 13.1 Å². The lowest BCUT2D eigenvalue weighted by molar-refractivity contribution is -0.142. The van der Waals surface area contributed by atoms with Crippen molar-refractivity contribution in [1.29, 1.82) is 0 Å². The molecule has 1 spiro atoms. The van der Waals surface area contributed by atoms with Gasteiger partial charge in [0.05, 0.1) is 5.56 Å². The minimum absolute atomic E-state index is 0.0828.